The monoisotopic (exact) mass is 345 g/mol. The number of pyridine rings is 1. The molecule has 4 heteroatoms. The van der Waals surface area contributed by atoms with Crippen LogP contribution in [-0.4, -0.2) is 29.0 Å². The van der Waals surface area contributed by atoms with Crippen molar-refractivity contribution in [2.45, 2.75) is 25.4 Å². The van der Waals surface area contributed by atoms with Crippen LogP contribution in [0.2, 0.25) is 0 Å². The molecule has 1 N–H and O–H groups in total. The SMILES string of the molecule is Brc1ccc(CN2CCC(Nc3ccccn3)CC2)cc1. The van der Waals surface area contributed by atoms with Crippen LogP contribution in [0.1, 0.15) is 18.4 Å². The maximum Gasteiger partial charge on any atom is 0.126 e. The molecular weight excluding hydrogens is 326 g/mol. The van der Waals surface area contributed by atoms with E-state index >= 15 is 0 Å². The number of nitrogens with zero attached hydrogens (tertiary/aromatic N) is 2. The summed E-state index contributed by atoms with van der Waals surface area (Å²) in [5.74, 6) is 0.990. The fourth-order valence-corrected chi connectivity index (χ4v) is 3.01. The number of anilines is 1. The molecule has 1 fully saturated rings. The molecule has 110 valence electrons. The summed E-state index contributed by atoms with van der Waals surface area (Å²) in [6, 6.07) is 15.2. The van der Waals surface area contributed by atoms with Gasteiger partial charge < -0.3 is 5.32 Å². The molecule has 0 radical (unpaired) electrons. The van der Waals surface area contributed by atoms with E-state index < -0.39 is 0 Å². The van der Waals surface area contributed by atoms with Gasteiger partial charge in [0.1, 0.15) is 5.82 Å². The lowest BCUT2D eigenvalue weighted by molar-refractivity contribution is 0.211. The summed E-state index contributed by atoms with van der Waals surface area (Å²) in [7, 11) is 0. The van der Waals surface area contributed by atoms with Crippen LogP contribution in [0, 0.1) is 0 Å². The van der Waals surface area contributed by atoms with Crippen molar-refractivity contribution < 1.29 is 0 Å². The molecule has 2 heterocycles. The average Bonchev–Trinajstić information content (AvgIpc) is 2.53. The van der Waals surface area contributed by atoms with E-state index in [-0.39, 0.29) is 0 Å². The lowest BCUT2D eigenvalue weighted by Gasteiger charge is -2.32. The van der Waals surface area contributed by atoms with Gasteiger partial charge in [-0.25, -0.2) is 4.98 Å². The van der Waals surface area contributed by atoms with Crippen molar-refractivity contribution in [2.75, 3.05) is 18.4 Å². The Morgan fingerprint density at radius 3 is 2.52 bits per heavy atom. The fraction of sp³-hybridized carbons (Fsp3) is 0.353. The predicted octanol–water partition coefficient (Wildman–Crippen LogP) is 3.92. The van der Waals surface area contributed by atoms with Gasteiger partial charge in [-0.3, -0.25) is 4.90 Å². The highest BCUT2D eigenvalue weighted by Gasteiger charge is 2.19. The Balaban J connectivity index is 1.47. The van der Waals surface area contributed by atoms with Crippen LogP contribution in [0.25, 0.3) is 0 Å². The van der Waals surface area contributed by atoms with Crippen molar-refractivity contribution in [1.82, 2.24) is 9.88 Å². The van der Waals surface area contributed by atoms with Crippen LogP contribution in [-0.2, 0) is 6.54 Å². The summed E-state index contributed by atoms with van der Waals surface area (Å²) in [6.45, 7) is 3.32. The highest BCUT2D eigenvalue weighted by atomic mass is 79.9. The van der Waals surface area contributed by atoms with Crippen molar-refractivity contribution in [3.63, 3.8) is 0 Å². The Morgan fingerprint density at radius 2 is 1.86 bits per heavy atom. The van der Waals surface area contributed by atoms with Crippen LogP contribution in [0.3, 0.4) is 0 Å². The van der Waals surface area contributed by atoms with Crippen molar-refractivity contribution in [3.8, 4) is 0 Å². The summed E-state index contributed by atoms with van der Waals surface area (Å²) in [5.41, 5.74) is 1.38. The first-order valence-electron chi connectivity index (χ1n) is 7.44. The molecular formula is C17H20BrN3. The first-order chi connectivity index (χ1) is 10.3. The summed E-state index contributed by atoms with van der Waals surface area (Å²) >= 11 is 3.48. The van der Waals surface area contributed by atoms with E-state index in [1.807, 2.05) is 24.4 Å². The minimum absolute atomic E-state index is 0.543. The zero-order valence-corrected chi connectivity index (χ0v) is 13.6. The highest BCUT2D eigenvalue weighted by Crippen LogP contribution is 2.18. The first kappa shape index (κ1) is 14.5. The third-order valence-electron chi connectivity index (χ3n) is 3.92. The van der Waals surface area contributed by atoms with Crippen LogP contribution in [0.4, 0.5) is 5.82 Å². The maximum absolute atomic E-state index is 4.34. The van der Waals surface area contributed by atoms with Gasteiger partial charge in [-0.15, -0.1) is 0 Å². The van der Waals surface area contributed by atoms with Gasteiger partial charge in [0.25, 0.3) is 0 Å². The third-order valence-corrected chi connectivity index (χ3v) is 4.45. The number of halogens is 1. The zero-order chi connectivity index (χ0) is 14.5. The van der Waals surface area contributed by atoms with E-state index in [0.717, 1.165) is 29.9 Å². The molecule has 0 aliphatic carbocycles. The molecule has 1 aromatic heterocycles. The van der Waals surface area contributed by atoms with Crippen LogP contribution >= 0.6 is 15.9 Å². The van der Waals surface area contributed by atoms with Gasteiger partial charge in [-0.1, -0.05) is 34.1 Å². The number of hydrogen-bond acceptors (Lipinski definition) is 3. The van der Waals surface area contributed by atoms with Gasteiger partial charge in [-0.05, 0) is 42.7 Å². The van der Waals surface area contributed by atoms with Crippen LogP contribution < -0.4 is 5.32 Å². The quantitative estimate of drug-likeness (QED) is 0.910. The second-order valence-electron chi connectivity index (χ2n) is 5.54. The van der Waals surface area contributed by atoms with Gasteiger partial charge >= 0.3 is 0 Å². The number of likely N-dealkylation sites (tertiary alicyclic amines) is 1. The molecule has 0 saturated carbocycles. The van der Waals surface area contributed by atoms with E-state index in [4.69, 9.17) is 0 Å². The molecule has 0 amide bonds. The zero-order valence-electron chi connectivity index (χ0n) is 12.0. The van der Waals surface area contributed by atoms with Crippen molar-refractivity contribution in [2.24, 2.45) is 0 Å². The maximum atomic E-state index is 4.34. The molecule has 21 heavy (non-hydrogen) atoms. The topological polar surface area (TPSA) is 28.2 Å². The smallest absolute Gasteiger partial charge is 0.126 e. The molecule has 1 aromatic carbocycles. The molecule has 2 aromatic rings. The second-order valence-corrected chi connectivity index (χ2v) is 6.45. The number of aromatic nitrogens is 1. The Bertz CT molecular complexity index is 548. The Morgan fingerprint density at radius 1 is 1.10 bits per heavy atom. The minimum atomic E-state index is 0.543. The standard InChI is InChI=1S/C17H20BrN3/c18-15-6-4-14(5-7-15)13-21-11-8-16(9-12-21)20-17-3-1-2-10-19-17/h1-7,10,16H,8-9,11-13H2,(H,19,20). The van der Waals surface area contributed by atoms with E-state index in [0.29, 0.717) is 6.04 Å². The Labute approximate surface area is 134 Å². The molecule has 0 atom stereocenters. The number of benzene rings is 1. The van der Waals surface area contributed by atoms with Gasteiger partial charge in [0.15, 0.2) is 0 Å². The lowest BCUT2D eigenvalue weighted by atomic mass is 10.0. The molecule has 0 bridgehead atoms. The van der Waals surface area contributed by atoms with Crippen molar-refractivity contribution in [1.29, 1.82) is 0 Å². The summed E-state index contributed by atoms with van der Waals surface area (Å²) in [5, 5.41) is 3.53. The lowest BCUT2D eigenvalue weighted by Crippen LogP contribution is -2.38. The molecule has 1 aliphatic heterocycles. The number of hydrogen-bond donors (Lipinski definition) is 1. The van der Waals surface area contributed by atoms with E-state index in [9.17, 15) is 0 Å². The molecule has 1 saturated heterocycles. The highest BCUT2D eigenvalue weighted by molar-refractivity contribution is 9.10. The number of rotatable bonds is 4. The Kier molecular flexibility index (Phi) is 4.88. The molecule has 3 nitrogen and oxygen atoms in total. The summed E-state index contributed by atoms with van der Waals surface area (Å²) in [4.78, 5) is 6.87. The number of nitrogens with one attached hydrogen (secondary N) is 1. The van der Waals surface area contributed by atoms with E-state index in [1.54, 1.807) is 0 Å². The van der Waals surface area contributed by atoms with Gasteiger partial charge in [-0.2, -0.15) is 0 Å². The second kappa shape index (κ2) is 7.05. The van der Waals surface area contributed by atoms with Crippen LogP contribution in [0.15, 0.2) is 53.1 Å². The van der Waals surface area contributed by atoms with E-state index in [2.05, 4.69) is 55.4 Å². The van der Waals surface area contributed by atoms with Crippen LogP contribution in [0.5, 0.6) is 0 Å². The normalized spacial score (nSPS) is 16.8. The molecule has 1 aliphatic rings. The predicted molar refractivity (Wildman–Crippen MR) is 90.3 cm³/mol. The summed E-state index contributed by atoms with van der Waals surface area (Å²) in [6.07, 6.45) is 4.19. The third kappa shape index (κ3) is 4.29. The van der Waals surface area contributed by atoms with E-state index in [1.165, 1.54) is 18.4 Å². The van der Waals surface area contributed by atoms with Crippen molar-refractivity contribution >= 4 is 21.7 Å². The van der Waals surface area contributed by atoms with Gasteiger partial charge in [0.05, 0.1) is 0 Å². The van der Waals surface area contributed by atoms with Gasteiger partial charge in [0.2, 0.25) is 0 Å². The van der Waals surface area contributed by atoms with Crippen molar-refractivity contribution in [3.05, 3.63) is 58.7 Å². The molecule has 0 unspecified atom stereocenters. The molecule has 0 spiro atoms. The minimum Gasteiger partial charge on any atom is -0.367 e. The average molecular weight is 346 g/mol. The summed E-state index contributed by atoms with van der Waals surface area (Å²) < 4.78 is 1.14. The first-order valence-corrected chi connectivity index (χ1v) is 8.23. The fourth-order valence-electron chi connectivity index (χ4n) is 2.74. The van der Waals surface area contributed by atoms with Gasteiger partial charge in [0, 0.05) is 36.3 Å². The molecule has 3 rings (SSSR count). The number of piperidine rings is 1. The largest absolute Gasteiger partial charge is 0.367 e. The Hall–Kier alpha value is -1.39.